The lowest BCUT2D eigenvalue weighted by molar-refractivity contribution is 0.762. The van der Waals surface area contributed by atoms with Crippen molar-refractivity contribution >= 4 is 23.8 Å². The Morgan fingerprint density at radius 2 is 1.62 bits per heavy atom. The number of aryl methyl sites for hydroxylation is 1. The molecular weight excluding hydrogens is 282 g/mol. The fourth-order valence-electron chi connectivity index (χ4n) is 2.15. The van der Waals surface area contributed by atoms with E-state index in [2.05, 4.69) is 51.3 Å². The minimum absolute atomic E-state index is 0. The third-order valence-corrected chi connectivity index (χ3v) is 3.29. The molecule has 4 heteroatoms. The van der Waals surface area contributed by atoms with E-state index in [-0.39, 0.29) is 12.4 Å². The summed E-state index contributed by atoms with van der Waals surface area (Å²) < 4.78 is 2.14. The molecular formula is C17H18ClN3. The predicted octanol–water partition coefficient (Wildman–Crippen LogP) is 4.41. The molecule has 0 aliphatic rings. The van der Waals surface area contributed by atoms with E-state index < -0.39 is 0 Å². The van der Waals surface area contributed by atoms with Crippen LogP contribution in [0.4, 0.5) is 11.4 Å². The molecule has 3 aromatic rings. The van der Waals surface area contributed by atoms with Crippen LogP contribution in [0.3, 0.4) is 0 Å². The van der Waals surface area contributed by atoms with Gasteiger partial charge in [-0.15, -0.1) is 12.4 Å². The van der Waals surface area contributed by atoms with E-state index in [1.807, 2.05) is 37.5 Å². The molecule has 1 heterocycles. The molecule has 0 saturated carbocycles. The van der Waals surface area contributed by atoms with E-state index in [0.29, 0.717) is 0 Å². The number of nitrogens with one attached hydrogen (secondary N) is 1. The Morgan fingerprint density at radius 3 is 2.24 bits per heavy atom. The molecule has 0 spiro atoms. The minimum atomic E-state index is 0. The van der Waals surface area contributed by atoms with Crippen LogP contribution in [0.1, 0.15) is 11.4 Å². The van der Waals surface area contributed by atoms with E-state index in [0.717, 1.165) is 23.7 Å². The van der Waals surface area contributed by atoms with Crippen molar-refractivity contribution in [2.24, 2.45) is 0 Å². The first-order valence-corrected chi connectivity index (χ1v) is 6.70. The van der Waals surface area contributed by atoms with Gasteiger partial charge in [0.2, 0.25) is 0 Å². The van der Waals surface area contributed by atoms with Crippen LogP contribution >= 0.6 is 12.4 Å². The third kappa shape index (κ3) is 3.86. The lowest BCUT2D eigenvalue weighted by Gasteiger charge is -2.08. The van der Waals surface area contributed by atoms with Gasteiger partial charge in [0.05, 0.1) is 0 Å². The lowest BCUT2D eigenvalue weighted by Crippen LogP contribution is -2.00. The summed E-state index contributed by atoms with van der Waals surface area (Å²) in [5, 5.41) is 3.38. The SMILES string of the molecule is Cc1nccn1Cc1ccc(Nc2ccccc2)cc1.Cl. The summed E-state index contributed by atoms with van der Waals surface area (Å²) in [5.41, 5.74) is 3.47. The Labute approximate surface area is 131 Å². The maximum atomic E-state index is 4.24. The number of anilines is 2. The summed E-state index contributed by atoms with van der Waals surface area (Å²) in [6, 6.07) is 18.7. The highest BCUT2D eigenvalue weighted by molar-refractivity contribution is 5.85. The molecule has 0 aliphatic heterocycles. The second-order valence-corrected chi connectivity index (χ2v) is 4.79. The molecule has 2 aromatic carbocycles. The fourth-order valence-corrected chi connectivity index (χ4v) is 2.15. The third-order valence-electron chi connectivity index (χ3n) is 3.29. The van der Waals surface area contributed by atoms with Crippen LogP contribution in [-0.2, 0) is 6.54 Å². The molecule has 0 atom stereocenters. The maximum absolute atomic E-state index is 4.24. The van der Waals surface area contributed by atoms with Gasteiger partial charge in [0.15, 0.2) is 0 Å². The summed E-state index contributed by atoms with van der Waals surface area (Å²) in [6.07, 6.45) is 3.84. The number of rotatable bonds is 4. The molecule has 0 aliphatic carbocycles. The van der Waals surface area contributed by atoms with E-state index in [1.54, 1.807) is 0 Å². The number of halogens is 1. The van der Waals surface area contributed by atoms with Crippen LogP contribution in [0.25, 0.3) is 0 Å². The zero-order chi connectivity index (χ0) is 13.8. The highest BCUT2D eigenvalue weighted by Crippen LogP contribution is 2.17. The van der Waals surface area contributed by atoms with E-state index >= 15 is 0 Å². The first-order chi connectivity index (χ1) is 9.81. The molecule has 0 fully saturated rings. The van der Waals surface area contributed by atoms with Crippen molar-refractivity contribution in [2.75, 3.05) is 5.32 Å². The van der Waals surface area contributed by atoms with Gasteiger partial charge in [-0.25, -0.2) is 4.98 Å². The Balaban J connectivity index is 0.00000161. The Morgan fingerprint density at radius 1 is 0.952 bits per heavy atom. The molecule has 3 nitrogen and oxygen atoms in total. The molecule has 0 radical (unpaired) electrons. The Kier molecular flexibility index (Phi) is 5.01. The number of benzene rings is 2. The monoisotopic (exact) mass is 299 g/mol. The number of aromatic nitrogens is 2. The number of nitrogens with zero attached hydrogens (tertiary/aromatic N) is 2. The highest BCUT2D eigenvalue weighted by Gasteiger charge is 1.99. The smallest absolute Gasteiger partial charge is 0.105 e. The molecule has 108 valence electrons. The van der Waals surface area contributed by atoms with Crippen molar-refractivity contribution in [3.8, 4) is 0 Å². The van der Waals surface area contributed by atoms with Crippen LogP contribution < -0.4 is 5.32 Å². The van der Waals surface area contributed by atoms with Gasteiger partial charge in [-0.3, -0.25) is 0 Å². The van der Waals surface area contributed by atoms with Gasteiger partial charge in [-0.1, -0.05) is 30.3 Å². The van der Waals surface area contributed by atoms with Crippen molar-refractivity contribution in [3.63, 3.8) is 0 Å². The van der Waals surface area contributed by atoms with E-state index in [4.69, 9.17) is 0 Å². The van der Waals surface area contributed by atoms with Gasteiger partial charge >= 0.3 is 0 Å². The lowest BCUT2D eigenvalue weighted by atomic mass is 10.2. The van der Waals surface area contributed by atoms with Crippen LogP contribution in [0, 0.1) is 6.92 Å². The Hall–Kier alpha value is -2.26. The zero-order valence-electron chi connectivity index (χ0n) is 11.9. The number of hydrogen-bond acceptors (Lipinski definition) is 2. The average Bonchev–Trinajstić information content (AvgIpc) is 2.88. The second-order valence-electron chi connectivity index (χ2n) is 4.79. The maximum Gasteiger partial charge on any atom is 0.105 e. The van der Waals surface area contributed by atoms with Gasteiger partial charge in [0.25, 0.3) is 0 Å². The molecule has 0 amide bonds. The van der Waals surface area contributed by atoms with Crippen LogP contribution in [0.15, 0.2) is 67.0 Å². The summed E-state index contributed by atoms with van der Waals surface area (Å²) in [5.74, 6) is 1.04. The largest absolute Gasteiger partial charge is 0.356 e. The standard InChI is InChI=1S/C17H17N3.ClH/c1-14-18-11-12-20(14)13-15-7-9-17(10-8-15)19-16-5-3-2-4-6-16;/h2-12,19H,13H2,1H3;1H. The summed E-state index contributed by atoms with van der Waals surface area (Å²) >= 11 is 0. The van der Waals surface area contributed by atoms with Crippen LogP contribution in [0.2, 0.25) is 0 Å². The first-order valence-electron chi connectivity index (χ1n) is 6.70. The Bertz CT molecular complexity index is 675. The summed E-state index contributed by atoms with van der Waals surface area (Å²) in [6.45, 7) is 2.88. The van der Waals surface area contributed by atoms with Crippen molar-refractivity contribution < 1.29 is 0 Å². The number of imidazole rings is 1. The molecule has 0 bridgehead atoms. The molecule has 3 rings (SSSR count). The van der Waals surface area contributed by atoms with Crippen molar-refractivity contribution in [2.45, 2.75) is 13.5 Å². The van der Waals surface area contributed by atoms with Gasteiger partial charge in [0, 0.05) is 30.3 Å². The molecule has 21 heavy (non-hydrogen) atoms. The topological polar surface area (TPSA) is 29.9 Å². The normalized spacial score (nSPS) is 9.95. The van der Waals surface area contributed by atoms with E-state index in [1.165, 1.54) is 5.56 Å². The molecule has 1 aromatic heterocycles. The van der Waals surface area contributed by atoms with Gasteiger partial charge in [0.1, 0.15) is 5.82 Å². The van der Waals surface area contributed by atoms with Crippen LogP contribution in [0.5, 0.6) is 0 Å². The molecule has 0 unspecified atom stereocenters. The van der Waals surface area contributed by atoms with Crippen molar-refractivity contribution in [3.05, 3.63) is 78.4 Å². The van der Waals surface area contributed by atoms with Gasteiger partial charge in [-0.05, 0) is 36.8 Å². The number of hydrogen-bond donors (Lipinski definition) is 1. The molecule has 0 saturated heterocycles. The van der Waals surface area contributed by atoms with Gasteiger partial charge < -0.3 is 9.88 Å². The highest BCUT2D eigenvalue weighted by atomic mass is 35.5. The predicted molar refractivity (Wildman–Crippen MR) is 89.5 cm³/mol. The zero-order valence-corrected chi connectivity index (χ0v) is 12.7. The van der Waals surface area contributed by atoms with Crippen molar-refractivity contribution in [1.82, 2.24) is 9.55 Å². The quantitative estimate of drug-likeness (QED) is 0.773. The number of para-hydroxylation sites is 1. The summed E-state index contributed by atoms with van der Waals surface area (Å²) in [7, 11) is 0. The van der Waals surface area contributed by atoms with E-state index in [9.17, 15) is 0 Å². The fraction of sp³-hybridized carbons (Fsp3) is 0.118. The molecule has 1 N–H and O–H groups in total. The minimum Gasteiger partial charge on any atom is -0.356 e. The second kappa shape index (κ2) is 6.95. The van der Waals surface area contributed by atoms with Crippen LogP contribution in [-0.4, -0.2) is 9.55 Å². The average molecular weight is 300 g/mol. The summed E-state index contributed by atoms with van der Waals surface area (Å²) in [4.78, 5) is 4.24. The van der Waals surface area contributed by atoms with Gasteiger partial charge in [-0.2, -0.15) is 0 Å². The first kappa shape index (κ1) is 15.1. The van der Waals surface area contributed by atoms with Crippen molar-refractivity contribution in [1.29, 1.82) is 0 Å².